The molecule has 0 amide bonds. The lowest BCUT2D eigenvalue weighted by atomic mass is 10.0. The van der Waals surface area contributed by atoms with E-state index in [2.05, 4.69) is 4.90 Å². The van der Waals surface area contributed by atoms with Gasteiger partial charge in [-0.15, -0.1) is 0 Å². The molecule has 1 N–H and O–H groups in total. The second kappa shape index (κ2) is 5.48. The summed E-state index contributed by atoms with van der Waals surface area (Å²) in [6.07, 6.45) is 1.14. The Morgan fingerprint density at radius 1 is 1.61 bits per heavy atom. The highest BCUT2D eigenvalue weighted by Crippen LogP contribution is 2.28. The Kier molecular flexibility index (Phi) is 3.97. The summed E-state index contributed by atoms with van der Waals surface area (Å²) < 4.78 is 13.2. The van der Waals surface area contributed by atoms with Gasteiger partial charge in [0.05, 0.1) is 0 Å². The van der Waals surface area contributed by atoms with E-state index in [4.69, 9.17) is 5.11 Å². The van der Waals surface area contributed by atoms with Crippen LogP contribution >= 0.6 is 0 Å². The van der Waals surface area contributed by atoms with Gasteiger partial charge in [0.25, 0.3) is 0 Å². The van der Waals surface area contributed by atoms with Gasteiger partial charge in [0.15, 0.2) is 0 Å². The van der Waals surface area contributed by atoms with Gasteiger partial charge in [0.2, 0.25) is 0 Å². The van der Waals surface area contributed by atoms with Gasteiger partial charge in [0.1, 0.15) is 5.82 Å². The molecule has 0 bridgehead atoms. The van der Waals surface area contributed by atoms with Crippen LogP contribution in [0.25, 0.3) is 0 Å². The van der Waals surface area contributed by atoms with Crippen molar-refractivity contribution in [2.24, 2.45) is 5.92 Å². The number of likely N-dealkylation sites (tertiary alicyclic amines) is 1. The first-order chi connectivity index (χ1) is 8.56. The second-order valence-corrected chi connectivity index (χ2v) is 4.98. The van der Waals surface area contributed by atoms with Crippen LogP contribution in [0, 0.1) is 11.7 Å². The number of benzene rings is 1. The summed E-state index contributed by atoms with van der Waals surface area (Å²) in [6.45, 7) is 3.71. The number of rotatable bonds is 4. The fraction of sp³-hybridized carbons (Fsp3) is 0.500. The van der Waals surface area contributed by atoms with Crippen molar-refractivity contribution < 1.29 is 14.3 Å². The first-order valence-corrected chi connectivity index (χ1v) is 6.27. The first-order valence-electron chi connectivity index (χ1n) is 6.27. The summed E-state index contributed by atoms with van der Waals surface area (Å²) in [6, 6.07) is 6.76. The molecule has 0 saturated carbocycles. The molecule has 0 radical (unpaired) electrons. The summed E-state index contributed by atoms with van der Waals surface area (Å²) in [5.41, 5.74) is 0.950. The van der Waals surface area contributed by atoms with Crippen molar-refractivity contribution in [2.75, 3.05) is 13.1 Å². The lowest BCUT2D eigenvalue weighted by Crippen LogP contribution is -2.25. The molecule has 1 aliphatic rings. The Labute approximate surface area is 106 Å². The van der Waals surface area contributed by atoms with Crippen LogP contribution < -0.4 is 0 Å². The maximum absolute atomic E-state index is 13.2. The van der Waals surface area contributed by atoms with Crippen molar-refractivity contribution in [1.29, 1.82) is 0 Å². The number of hydrogen-bond donors (Lipinski definition) is 1. The van der Waals surface area contributed by atoms with Crippen LogP contribution in [0.5, 0.6) is 0 Å². The molecule has 0 aliphatic carbocycles. The zero-order chi connectivity index (χ0) is 13.1. The predicted molar refractivity (Wildman–Crippen MR) is 66.7 cm³/mol. The fourth-order valence-electron chi connectivity index (χ4n) is 2.61. The Hall–Kier alpha value is -1.42. The van der Waals surface area contributed by atoms with Crippen molar-refractivity contribution in [2.45, 2.75) is 25.8 Å². The van der Waals surface area contributed by atoms with Crippen LogP contribution in [-0.4, -0.2) is 29.1 Å². The highest BCUT2D eigenvalue weighted by atomic mass is 19.1. The normalized spacial score (nSPS) is 22.0. The van der Waals surface area contributed by atoms with E-state index in [0.29, 0.717) is 0 Å². The van der Waals surface area contributed by atoms with Gasteiger partial charge >= 0.3 is 5.97 Å². The predicted octanol–water partition coefficient (Wildman–Crippen LogP) is 2.68. The summed E-state index contributed by atoms with van der Waals surface area (Å²) in [5.74, 6) is -0.737. The minimum atomic E-state index is -0.736. The highest BCUT2D eigenvalue weighted by molar-refractivity contribution is 5.67. The third-order valence-electron chi connectivity index (χ3n) is 3.66. The molecule has 0 aromatic heterocycles. The molecule has 2 unspecified atom stereocenters. The molecule has 3 nitrogen and oxygen atoms in total. The quantitative estimate of drug-likeness (QED) is 0.894. The topological polar surface area (TPSA) is 40.5 Å². The largest absolute Gasteiger partial charge is 0.481 e. The third kappa shape index (κ3) is 3.07. The average molecular weight is 251 g/mol. The van der Waals surface area contributed by atoms with Gasteiger partial charge in [-0.2, -0.15) is 0 Å². The lowest BCUT2D eigenvalue weighted by Gasteiger charge is -2.24. The maximum atomic E-state index is 13.2. The van der Waals surface area contributed by atoms with Gasteiger partial charge in [-0.25, -0.2) is 4.39 Å². The molecule has 2 rings (SSSR count). The van der Waals surface area contributed by atoms with Crippen molar-refractivity contribution in [3.05, 3.63) is 35.6 Å². The van der Waals surface area contributed by atoms with E-state index in [0.717, 1.165) is 25.1 Å². The molecule has 1 heterocycles. The van der Waals surface area contributed by atoms with E-state index >= 15 is 0 Å². The molecule has 18 heavy (non-hydrogen) atoms. The van der Waals surface area contributed by atoms with E-state index < -0.39 is 5.97 Å². The van der Waals surface area contributed by atoms with E-state index in [1.165, 1.54) is 6.07 Å². The van der Waals surface area contributed by atoms with E-state index in [-0.39, 0.29) is 24.2 Å². The number of carboxylic acids is 1. The van der Waals surface area contributed by atoms with Gasteiger partial charge < -0.3 is 5.11 Å². The smallest absolute Gasteiger partial charge is 0.303 e. The number of aliphatic carboxylic acids is 1. The second-order valence-electron chi connectivity index (χ2n) is 4.98. The van der Waals surface area contributed by atoms with Crippen molar-refractivity contribution >= 4 is 5.97 Å². The SMILES string of the molecule is CC(c1cccc(F)c1)N1CCC(CC(=O)O)C1. The number of nitrogens with zero attached hydrogens (tertiary/aromatic N) is 1. The van der Waals surface area contributed by atoms with Gasteiger partial charge in [0, 0.05) is 19.0 Å². The Balaban J connectivity index is 1.99. The zero-order valence-electron chi connectivity index (χ0n) is 10.5. The number of hydrogen-bond acceptors (Lipinski definition) is 2. The molecule has 1 fully saturated rings. The number of carbonyl (C=O) groups is 1. The third-order valence-corrected chi connectivity index (χ3v) is 3.66. The summed E-state index contributed by atoms with van der Waals surface area (Å²) in [5, 5.41) is 8.78. The molecule has 1 saturated heterocycles. The lowest BCUT2D eigenvalue weighted by molar-refractivity contribution is -0.138. The molecule has 4 heteroatoms. The van der Waals surface area contributed by atoms with Crippen molar-refractivity contribution in [3.63, 3.8) is 0 Å². The minimum Gasteiger partial charge on any atom is -0.481 e. The fourth-order valence-corrected chi connectivity index (χ4v) is 2.61. The van der Waals surface area contributed by atoms with Gasteiger partial charge in [-0.3, -0.25) is 9.69 Å². The van der Waals surface area contributed by atoms with E-state index in [9.17, 15) is 9.18 Å². The molecule has 0 spiro atoms. The van der Waals surface area contributed by atoms with E-state index in [1.807, 2.05) is 13.0 Å². The number of carboxylic acid groups (broad SMARTS) is 1. The molecule has 98 valence electrons. The Morgan fingerprint density at radius 2 is 2.39 bits per heavy atom. The monoisotopic (exact) mass is 251 g/mol. The van der Waals surface area contributed by atoms with Crippen molar-refractivity contribution in [3.8, 4) is 0 Å². The molecular formula is C14H18FNO2. The van der Waals surface area contributed by atoms with Crippen LogP contribution in [0.3, 0.4) is 0 Å². The average Bonchev–Trinajstić information content (AvgIpc) is 2.75. The highest BCUT2D eigenvalue weighted by Gasteiger charge is 2.28. The molecule has 1 aliphatic heterocycles. The Morgan fingerprint density at radius 3 is 3.06 bits per heavy atom. The van der Waals surface area contributed by atoms with Crippen LogP contribution in [0.2, 0.25) is 0 Å². The van der Waals surface area contributed by atoms with Crippen LogP contribution in [0.4, 0.5) is 4.39 Å². The van der Waals surface area contributed by atoms with E-state index in [1.54, 1.807) is 12.1 Å². The van der Waals surface area contributed by atoms with Gasteiger partial charge in [-0.05, 0) is 43.5 Å². The minimum absolute atomic E-state index is 0.138. The molecule has 1 aromatic rings. The standard InChI is InChI=1S/C14H18FNO2/c1-10(12-3-2-4-13(15)8-12)16-6-5-11(9-16)7-14(17)18/h2-4,8,10-11H,5-7,9H2,1H3,(H,17,18). The zero-order valence-corrected chi connectivity index (χ0v) is 10.5. The molecule has 1 aromatic carbocycles. The molecule has 2 atom stereocenters. The summed E-state index contributed by atoms with van der Waals surface area (Å²) in [4.78, 5) is 12.9. The Bertz CT molecular complexity index is 436. The summed E-state index contributed by atoms with van der Waals surface area (Å²) >= 11 is 0. The van der Waals surface area contributed by atoms with Crippen LogP contribution in [-0.2, 0) is 4.79 Å². The molecular weight excluding hydrogens is 233 g/mol. The van der Waals surface area contributed by atoms with Crippen LogP contribution in [0.15, 0.2) is 24.3 Å². The van der Waals surface area contributed by atoms with Gasteiger partial charge in [-0.1, -0.05) is 12.1 Å². The first kappa shape index (κ1) is 13.0. The number of halogens is 1. The van der Waals surface area contributed by atoms with Crippen LogP contribution in [0.1, 0.15) is 31.4 Å². The maximum Gasteiger partial charge on any atom is 0.303 e. The summed E-state index contributed by atoms with van der Waals surface area (Å²) in [7, 11) is 0. The van der Waals surface area contributed by atoms with Crippen molar-refractivity contribution in [1.82, 2.24) is 4.90 Å².